The molecule has 2 heteroatoms. The lowest BCUT2D eigenvalue weighted by atomic mass is 9.77. The Morgan fingerprint density at radius 1 is 0.773 bits per heavy atom. The van der Waals surface area contributed by atoms with Gasteiger partial charge in [-0.15, -0.1) is 0 Å². The van der Waals surface area contributed by atoms with E-state index in [1.54, 1.807) is 0 Å². The van der Waals surface area contributed by atoms with Crippen molar-refractivity contribution in [2.75, 3.05) is 32.8 Å². The van der Waals surface area contributed by atoms with E-state index in [1.165, 1.54) is 77.2 Å². The molecule has 0 saturated carbocycles. The second-order valence-electron chi connectivity index (χ2n) is 7.64. The SMILES string of the molecule is CCCCCCC(C)(CCCCCC)CCN1CCOCC1. The maximum Gasteiger partial charge on any atom is 0.0594 e. The van der Waals surface area contributed by atoms with E-state index in [2.05, 4.69) is 25.7 Å². The number of morpholine rings is 1. The van der Waals surface area contributed by atoms with E-state index in [0.29, 0.717) is 5.41 Å². The third-order valence-corrected chi connectivity index (χ3v) is 5.40. The van der Waals surface area contributed by atoms with Gasteiger partial charge in [-0.25, -0.2) is 0 Å². The highest BCUT2D eigenvalue weighted by molar-refractivity contribution is 4.77. The predicted molar refractivity (Wildman–Crippen MR) is 97.5 cm³/mol. The van der Waals surface area contributed by atoms with Crippen LogP contribution < -0.4 is 0 Å². The number of rotatable bonds is 13. The second-order valence-corrected chi connectivity index (χ2v) is 7.64. The molecule has 0 bridgehead atoms. The molecule has 2 nitrogen and oxygen atoms in total. The maximum atomic E-state index is 5.47. The van der Waals surface area contributed by atoms with Crippen molar-refractivity contribution in [2.24, 2.45) is 5.41 Å². The van der Waals surface area contributed by atoms with E-state index >= 15 is 0 Å². The predicted octanol–water partition coefficient (Wildman–Crippen LogP) is 5.66. The Morgan fingerprint density at radius 2 is 1.32 bits per heavy atom. The van der Waals surface area contributed by atoms with E-state index in [1.807, 2.05) is 0 Å². The Kier molecular flexibility index (Phi) is 11.2. The van der Waals surface area contributed by atoms with Crippen LogP contribution in [0.4, 0.5) is 0 Å². The molecule has 0 aliphatic carbocycles. The van der Waals surface area contributed by atoms with Crippen LogP contribution >= 0.6 is 0 Å². The van der Waals surface area contributed by atoms with Crippen molar-refractivity contribution in [2.45, 2.75) is 91.4 Å². The number of nitrogens with zero attached hydrogens (tertiary/aromatic N) is 1. The summed E-state index contributed by atoms with van der Waals surface area (Å²) in [5, 5.41) is 0. The van der Waals surface area contributed by atoms with Gasteiger partial charge in [-0.1, -0.05) is 72.1 Å². The fourth-order valence-electron chi connectivity index (χ4n) is 3.58. The van der Waals surface area contributed by atoms with Gasteiger partial charge in [0.15, 0.2) is 0 Å². The Labute approximate surface area is 140 Å². The first-order valence-electron chi connectivity index (χ1n) is 10.0. The molecule has 1 heterocycles. The van der Waals surface area contributed by atoms with Crippen molar-refractivity contribution in [1.82, 2.24) is 4.90 Å². The highest BCUT2D eigenvalue weighted by atomic mass is 16.5. The van der Waals surface area contributed by atoms with Crippen LogP contribution in [0, 0.1) is 5.41 Å². The summed E-state index contributed by atoms with van der Waals surface area (Å²) in [5.41, 5.74) is 0.569. The number of hydrogen-bond donors (Lipinski definition) is 0. The zero-order valence-electron chi connectivity index (χ0n) is 15.7. The lowest BCUT2D eigenvalue weighted by Gasteiger charge is -2.34. The fraction of sp³-hybridized carbons (Fsp3) is 1.00. The topological polar surface area (TPSA) is 12.5 Å². The minimum atomic E-state index is 0.569. The summed E-state index contributed by atoms with van der Waals surface area (Å²) >= 11 is 0. The lowest BCUT2D eigenvalue weighted by Crippen LogP contribution is -2.38. The molecule has 0 radical (unpaired) electrons. The molecular weight excluding hydrogens is 270 g/mol. The second kappa shape index (κ2) is 12.4. The standard InChI is InChI=1S/C20H41NO/c1-4-6-8-10-12-20(3,13-11-9-7-5-2)14-15-21-16-18-22-19-17-21/h4-19H2,1-3H3. The molecule has 1 rings (SSSR count). The van der Waals surface area contributed by atoms with Crippen LogP contribution in [0.15, 0.2) is 0 Å². The van der Waals surface area contributed by atoms with Crippen molar-refractivity contribution < 1.29 is 4.74 Å². The van der Waals surface area contributed by atoms with Crippen LogP contribution in [0.25, 0.3) is 0 Å². The van der Waals surface area contributed by atoms with E-state index in [4.69, 9.17) is 4.74 Å². The van der Waals surface area contributed by atoms with E-state index in [-0.39, 0.29) is 0 Å². The number of hydrogen-bond acceptors (Lipinski definition) is 2. The van der Waals surface area contributed by atoms with Crippen molar-refractivity contribution >= 4 is 0 Å². The summed E-state index contributed by atoms with van der Waals surface area (Å²) in [5.74, 6) is 0. The largest absolute Gasteiger partial charge is 0.379 e. The third kappa shape index (κ3) is 9.15. The van der Waals surface area contributed by atoms with Gasteiger partial charge in [0.1, 0.15) is 0 Å². The molecule has 0 aromatic rings. The van der Waals surface area contributed by atoms with Crippen molar-refractivity contribution in [3.05, 3.63) is 0 Å². The Morgan fingerprint density at radius 3 is 1.82 bits per heavy atom. The van der Waals surface area contributed by atoms with Gasteiger partial charge < -0.3 is 4.74 Å². The number of unbranched alkanes of at least 4 members (excludes halogenated alkanes) is 6. The molecular formula is C20H41NO. The van der Waals surface area contributed by atoms with Crippen LogP contribution in [-0.4, -0.2) is 37.7 Å². The summed E-state index contributed by atoms with van der Waals surface area (Å²) in [7, 11) is 0. The average molecular weight is 312 g/mol. The van der Waals surface area contributed by atoms with Crippen LogP contribution in [0.3, 0.4) is 0 Å². The maximum absolute atomic E-state index is 5.47. The molecule has 132 valence electrons. The van der Waals surface area contributed by atoms with Crippen molar-refractivity contribution in [3.8, 4) is 0 Å². The van der Waals surface area contributed by atoms with Crippen LogP contribution in [0.5, 0.6) is 0 Å². The summed E-state index contributed by atoms with van der Waals surface area (Å²) in [4.78, 5) is 2.61. The van der Waals surface area contributed by atoms with Crippen molar-refractivity contribution in [1.29, 1.82) is 0 Å². The number of ether oxygens (including phenoxy) is 1. The first-order chi connectivity index (χ1) is 10.7. The van der Waals surface area contributed by atoms with Gasteiger partial charge in [0.25, 0.3) is 0 Å². The molecule has 0 spiro atoms. The summed E-state index contributed by atoms with van der Waals surface area (Å²) in [6, 6.07) is 0. The average Bonchev–Trinajstić information content (AvgIpc) is 2.55. The highest BCUT2D eigenvalue weighted by Crippen LogP contribution is 2.35. The third-order valence-electron chi connectivity index (χ3n) is 5.40. The Balaban J connectivity index is 2.33. The highest BCUT2D eigenvalue weighted by Gasteiger charge is 2.24. The molecule has 0 atom stereocenters. The quantitative estimate of drug-likeness (QED) is 0.407. The smallest absolute Gasteiger partial charge is 0.0594 e. The van der Waals surface area contributed by atoms with Gasteiger partial charge >= 0.3 is 0 Å². The first-order valence-corrected chi connectivity index (χ1v) is 10.0. The summed E-state index contributed by atoms with van der Waals surface area (Å²) in [6.07, 6.45) is 15.5. The molecule has 1 aliphatic heterocycles. The minimum absolute atomic E-state index is 0.569. The minimum Gasteiger partial charge on any atom is -0.379 e. The molecule has 1 fully saturated rings. The van der Waals surface area contributed by atoms with Crippen LogP contribution in [-0.2, 0) is 4.74 Å². The molecule has 0 unspecified atom stereocenters. The Bertz CT molecular complexity index is 236. The summed E-state index contributed by atoms with van der Waals surface area (Å²) < 4.78 is 5.47. The van der Waals surface area contributed by atoms with Crippen LogP contribution in [0.2, 0.25) is 0 Å². The molecule has 0 aromatic heterocycles. The van der Waals surface area contributed by atoms with Gasteiger partial charge in [-0.3, -0.25) is 4.90 Å². The molecule has 0 aromatic carbocycles. The van der Waals surface area contributed by atoms with E-state index in [9.17, 15) is 0 Å². The lowest BCUT2D eigenvalue weighted by molar-refractivity contribution is 0.0304. The van der Waals surface area contributed by atoms with Gasteiger partial charge in [-0.2, -0.15) is 0 Å². The zero-order chi connectivity index (χ0) is 16.1. The monoisotopic (exact) mass is 311 g/mol. The van der Waals surface area contributed by atoms with Gasteiger partial charge in [0, 0.05) is 13.1 Å². The molecule has 1 saturated heterocycles. The van der Waals surface area contributed by atoms with E-state index in [0.717, 1.165) is 26.3 Å². The van der Waals surface area contributed by atoms with Crippen LogP contribution in [0.1, 0.15) is 91.4 Å². The van der Waals surface area contributed by atoms with Gasteiger partial charge in [0.05, 0.1) is 13.2 Å². The molecule has 0 amide bonds. The normalized spacial score (nSPS) is 17.0. The first kappa shape index (κ1) is 20.0. The van der Waals surface area contributed by atoms with Crippen molar-refractivity contribution in [3.63, 3.8) is 0 Å². The van der Waals surface area contributed by atoms with Gasteiger partial charge in [0.2, 0.25) is 0 Å². The van der Waals surface area contributed by atoms with Gasteiger partial charge in [-0.05, 0) is 31.2 Å². The fourth-order valence-corrected chi connectivity index (χ4v) is 3.58. The Hall–Kier alpha value is -0.0800. The zero-order valence-corrected chi connectivity index (χ0v) is 15.7. The molecule has 1 aliphatic rings. The van der Waals surface area contributed by atoms with E-state index < -0.39 is 0 Å². The summed E-state index contributed by atoms with van der Waals surface area (Å²) in [6.45, 7) is 12.6. The molecule has 22 heavy (non-hydrogen) atoms. The molecule has 0 N–H and O–H groups in total.